The highest BCUT2D eigenvalue weighted by Crippen LogP contribution is 2.36. The van der Waals surface area contributed by atoms with Gasteiger partial charge in [-0.05, 0) is 37.0 Å². The summed E-state index contributed by atoms with van der Waals surface area (Å²) in [7, 11) is -3.20. The number of urea groups is 1. The Morgan fingerprint density at radius 3 is 2.59 bits per heavy atom. The molecule has 1 aromatic rings. The topological polar surface area (TPSA) is 122 Å². The van der Waals surface area contributed by atoms with Gasteiger partial charge in [-0.2, -0.15) is 0 Å². The highest BCUT2D eigenvalue weighted by molar-refractivity contribution is 7.91. The molecule has 0 saturated carbocycles. The van der Waals surface area contributed by atoms with Gasteiger partial charge in [0.05, 0.1) is 24.7 Å². The van der Waals surface area contributed by atoms with E-state index in [0.717, 1.165) is 11.3 Å². The second kappa shape index (κ2) is 9.09. The summed E-state index contributed by atoms with van der Waals surface area (Å²) in [4.78, 5) is 41.8. The van der Waals surface area contributed by atoms with Crippen molar-refractivity contribution in [1.82, 2.24) is 15.1 Å². The van der Waals surface area contributed by atoms with Crippen molar-refractivity contribution in [3.8, 4) is 11.5 Å². The lowest BCUT2D eigenvalue weighted by Gasteiger charge is -2.31. The maximum Gasteiger partial charge on any atom is 0.325 e. The lowest BCUT2D eigenvalue weighted by atomic mass is 9.91. The van der Waals surface area contributed by atoms with E-state index in [1.165, 1.54) is 4.90 Å². The predicted molar refractivity (Wildman–Crippen MR) is 123 cm³/mol. The molecular weight excluding hydrogens is 462 g/mol. The Hall–Kier alpha value is -2.82. The first-order valence-corrected chi connectivity index (χ1v) is 13.4. The van der Waals surface area contributed by atoms with Crippen LogP contribution in [-0.4, -0.2) is 79.9 Å². The lowest BCUT2D eigenvalue weighted by Crippen LogP contribution is -2.49. The van der Waals surface area contributed by atoms with Crippen LogP contribution in [0.2, 0.25) is 0 Å². The minimum absolute atomic E-state index is 0.0326. The zero-order valence-electron chi connectivity index (χ0n) is 19.7. The highest BCUT2D eigenvalue weighted by atomic mass is 32.2. The standard InChI is InChI=1S/C23H31N3O7S/c1-15(2)12-25(17-7-10-34(30,31)14-17)20(27)13-26-21(28)23(3,24-22(26)29)16-5-6-18-19(11-16)33-9-4-8-32-18/h5-6,11,15,17H,4,7-10,12-14H2,1-3H3,(H,24,29). The van der Waals surface area contributed by atoms with Crippen LogP contribution in [0.15, 0.2) is 18.2 Å². The third-order valence-electron chi connectivity index (χ3n) is 6.42. The Balaban J connectivity index is 1.54. The average molecular weight is 494 g/mol. The number of fused-ring (bicyclic) bond motifs is 1. The van der Waals surface area contributed by atoms with Gasteiger partial charge in [0.15, 0.2) is 21.3 Å². The lowest BCUT2D eigenvalue weighted by molar-refractivity contribution is -0.140. The molecule has 4 rings (SSSR count). The maximum atomic E-state index is 13.4. The van der Waals surface area contributed by atoms with Gasteiger partial charge in [-0.25, -0.2) is 13.2 Å². The molecule has 0 aromatic heterocycles. The summed E-state index contributed by atoms with van der Waals surface area (Å²) < 4.78 is 35.3. The molecule has 3 heterocycles. The minimum Gasteiger partial charge on any atom is -0.490 e. The first-order valence-electron chi connectivity index (χ1n) is 11.5. The Morgan fingerprint density at radius 1 is 1.24 bits per heavy atom. The number of ether oxygens (including phenoxy) is 2. The SMILES string of the molecule is CC(C)CN(C(=O)CN1C(=O)NC(C)(c2ccc3c(c2)OCCCO3)C1=O)C1CCS(=O)(=O)C1. The van der Waals surface area contributed by atoms with E-state index >= 15 is 0 Å². The van der Waals surface area contributed by atoms with E-state index in [1.54, 1.807) is 25.1 Å². The molecule has 0 radical (unpaired) electrons. The smallest absolute Gasteiger partial charge is 0.325 e. The van der Waals surface area contributed by atoms with Crippen LogP contribution < -0.4 is 14.8 Å². The van der Waals surface area contributed by atoms with Gasteiger partial charge in [-0.15, -0.1) is 0 Å². The molecule has 1 aromatic carbocycles. The van der Waals surface area contributed by atoms with Crippen molar-refractivity contribution in [2.75, 3.05) is 37.8 Å². The molecule has 4 amide bonds. The number of sulfone groups is 1. The molecule has 0 aliphatic carbocycles. The van der Waals surface area contributed by atoms with Crippen molar-refractivity contribution in [2.24, 2.45) is 5.92 Å². The normalized spacial score (nSPS) is 25.9. The molecule has 11 heteroatoms. The molecule has 2 saturated heterocycles. The minimum atomic E-state index is -3.20. The number of hydrogen-bond acceptors (Lipinski definition) is 7. The number of carbonyl (C=O) groups excluding carboxylic acids is 3. The second-order valence-corrected chi connectivity index (χ2v) is 11.9. The summed E-state index contributed by atoms with van der Waals surface area (Å²) in [5, 5.41) is 2.71. The summed E-state index contributed by atoms with van der Waals surface area (Å²) >= 11 is 0. The summed E-state index contributed by atoms with van der Waals surface area (Å²) in [6.45, 7) is 6.36. The van der Waals surface area contributed by atoms with Gasteiger partial charge in [0, 0.05) is 19.0 Å². The first-order chi connectivity index (χ1) is 16.0. The zero-order chi connectivity index (χ0) is 24.7. The monoisotopic (exact) mass is 493 g/mol. The Morgan fingerprint density at radius 2 is 1.94 bits per heavy atom. The summed E-state index contributed by atoms with van der Waals surface area (Å²) in [6, 6.07) is 3.97. The van der Waals surface area contributed by atoms with Gasteiger partial charge in [0.25, 0.3) is 5.91 Å². The highest BCUT2D eigenvalue weighted by Gasteiger charge is 2.50. The van der Waals surface area contributed by atoms with Crippen LogP contribution in [0.4, 0.5) is 4.79 Å². The van der Waals surface area contributed by atoms with Crippen molar-refractivity contribution < 1.29 is 32.3 Å². The number of nitrogens with zero attached hydrogens (tertiary/aromatic N) is 2. The summed E-state index contributed by atoms with van der Waals surface area (Å²) in [5.41, 5.74) is -0.854. The van der Waals surface area contributed by atoms with Gasteiger partial charge < -0.3 is 19.7 Å². The maximum absolute atomic E-state index is 13.4. The quantitative estimate of drug-likeness (QED) is 0.593. The number of carbonyl (C=O) groups is 3. The molecule has 1 N–H and O–H groups in total. The van der Waals surface area contributed by atoms with Crippen LogP contribution in [0.5, 0.6) is 11.5 Å². The number of hydrogen-bond donors (Lipinski definition) is 1. The number of imide groups is 1. The second-order valence-electron chi connectivity index (χ2n) is 9.66. The van der Waals surface area contributed by atoms with Crippen LogP contribution in [-0.2, 0) is 25.0 Å². The van der Waals surface area contributed by atoms with Crippen molar-refractivity contribution in [3.63, 3.8) is 0 Å². The largest absolute Gasteiger partial charge is 0.490 e. The van der Waals surface area contributed by atoms with E-state index in [0.29, 0.717) is 43.2 Å². The third-order valence-corrected chi connectivity index (χ3v) is 8.17. The molecule has 3 aliphatic heterocycles. The fourth-order valence-electron chi connectivity index (χ4n) is 4.61. The van der Waals surface area contributed by atoms with Crippen LogP contribution in [0.1, 0.15) is 39.2 Å². The van der Waals surface area contributed by atoms with Gasteiger partial charge in [-0.1, -0.05) is 19.9 Å². The van der Waals surface area contributed by atoms with Crippen LogP contribution in [0.3, 0.4) is 0 Å². The number of rotatable bonds is 6. The number of benzene rings is 1. The van der Waals surface area contributed by atoms with E-state index in [2.05, 4.69) is 5.32 Å². The summed E-state index contributed by atoms with van der Waals surface area (Å²) in [5.74, 6) is 0.113. The van der Waals surface area contributed by atoms with Crippen LogP contribution >= 0.6 is 0 Å². The predicted octanol–water partition coefficient (Wildman–Crippen LogP) is 1.29. The van der Waals surface area contributed by atoms with E-state index < -0.39 is 45.8 Å². The molecule has 186 valence electrons. The molecule has 2 fully saturated rings. The molecular formula is C23H31N3O7S. The molecule has 0 bridgehead atoms. The van der Waals surface area contributed by atoms with Crippen LogP contribution in [0.25, 0.3) is 0 Å². The van der Waals surface area contributed by atoms with Crippen LogP contribution in [0, 0.1) is 5.92 Å². The van der Waals surface area contributed by atoms with E-state index in [9.17, 15) is 22.8 Å². The van der Waals surface area contributed by atoms with Gasteiger partial charge >= 0.3 is 6.03 Å². The molecule has 3 aliphatic rings. The average Bonchev–Trinajstić information content (AvgIpc) is 3.10. The van der Waals surface area contributed by atoms with Gasteiger partial charge in [0.1, 0.15) is 12.1 Å². The zero-order valence-corrected chi connectivity index (χ0v) is 20.5. The third kappa shape index (κ3) is 4.70. The van der Waals surface area contributed by atoms with Crippen molar-refractivity contribution in [3.05, 3.63) is 23.8 Å². The number of nitrogens with one attached hydrogen (secondary N) is 1. The number of amides is 4. The van der Waals surface area contributed by atoms with E-state index in [4.69, 9.17) is 9.47 Å². The van der Waals surface area contributed by atoms with Crippen molar-refractivity contribution in [2.45, 2.75) is 45.2 Å². The van der Waals surface area contributed by atoms with E-state index in [-0.39, 0.29) is 17.4 Å². The fourth-order valence-corrected chi connectivity index (χ4v) is 6.34. The molecule has 0 spiro atoms. The Bertz CT molecular complexity index is 1100. The van der Waals surface area contributed by atoms with Gasteiger partial charge in [-0.3, -0.25) is 14.5 Å². The Labute approximate surface area is 199 Å². The molecule has 34 heavy (non-hydrogen) atoms. The van der Waals surface area contributed by atoms with Gasteiger partial charge in [0.2, 0.25) is 5.91 Å². The molecule has 2 unspecified atom stereocenters. The first kappa shape index (κ1) is 24.3. The molecule has 2 atom stereocenters. The van der Waals surface area contributed by atoms with Crippen molar-refractivity contribution in [1.29, 1.82) is 0 Å². The van der Waals surface area contributed by atoms with E-state index in [1.807, 2.05) is 13.8 Å². The Kier molecular flexibility index (Phi) is 6.50. The molecule has 10 nitrogen and oxygen atoms in total. The fraction of sp³-hybridized carbons (Fsp3) is 0.609. The van der Waals surface area contributed by atoms with Crippen molar-refractivity contribution >= 4 is 27.7 Å². The summed E-state index contributed by atoms with van der Waals surface area (Å²) in [6.07, 6.45) is 1.10.